The zero-order chi connectivity index (χ0) is 18.2. The number of nitrogens with one attached hydrogen (secondary N) is 2. The van der Waals surface area contributed by atoms with Crippen LogP contribution in [0.1, 0.15) is 5.56 Å². The summed E-state index contributed by atoms with van der Waals surface area (Å²) in [6.45, 7) is 2.84. The lowest BCUT2D eigenvalue weighted by Gasteiger charge is -2.23. The van der Waals surface area contributed by atoms with Crippen molar-refractivity contribution >= 4 is 11.9 Å². The van der Waals surface area contributed by atoms with Crippen LogP contribution < -0.4 is 20.5 Å². The van der Waals surface area contributed by atoms with Crippen LogP contribution in [0.15, 0.2) is 48.7 Å². The van der Waals surface area contributed by atoms with Gasteiger partial charge >= 0.3 is 0 Å². The van der Waals surface area contributed by atoms with E-state index < -0.39 is 0 Å². The molecule has 4 N–H and O–H groups in total. The van der Waals surface area contributed by atoms with Gasteiger partial charge in [-0.15, -0.1) is 0 Å². The Bertz CT molecular complexity index is 738. The number of nitrogens with zero attached hydrogens (tertiary/aromatic N) is 1. The summed E-state index contributed by atoms with van der Waals surface area (Å²) in [6, 6.07) is 11.1. The molecule has 2 heterocycles. The summed E-state index contributed by atoms with van der Waals surface area (Å²) < 4.78 is 16.9. The summed E-state index contributed by atoms with van der Waals surface area (Å²) in [6.07, 6.45) is 4.26. The Morgan fingerprint density at radius 3 is 2.73 bits per heavy atom. The normalized spacial score (nSPS) is 17.5. The number of rotatable bonds is 7. The number of pyridine rings is 1. The Morgan fingerprint density at radius 1 is 1.27 bits per heavy atom. The van der Waals surface area contributed by atoms with Crippen LogP contribution in [0.5, 0.6) is 17.4 Å². The molecule has 1 fully saturated rings. The Balaban J connectivity index is 1.53. The predicted octanol–water partition coefficient (Wildman–Crippen LogP) is 2.19. The second-order valence-corrected chi connectivity index (χ2v) is 5.78. The van der Waals surface area contributed by atoms with Crippen LogP contribution >= 0.6 is 0 Å². The highest BCUT2D eigenvalue weighted by Crippen LogP contribution is 2.23. The van der Waals surface area contributed by atoms with Crippen molar-refractivity contribution in [1.29, 1.82) is 5.41 Å². The highest BCUT2D eigenvalue weighted by atomic mass is 16.5. The molecule has 0 spiro atoms. The molecule has 26 heavy (non-hydrogen) atoms. The predicted molar refractivity (Wildman–Crippen MR) is 99.8 cm³/mol. The lowest BCUT2D eigenvalue weighted by molar-refractivity contribution is 0.0592. The second kappa shape index (κ2) is 8.98. The average Bonchev–Trinajstić information content (AvgIpc) is 2.69. The van der Waals surface area contributed by atoms with Crippen molar-refractivity contribution in [2.75, 3.05) is 26.4 Å². The molecule has 7 heteroatoms. The summed E-state index contributed by atoms with van der Waals surface area (Å²) in [7, 11) is 0. The Morgan fingerprint density at radius 2 is 2.08 bits per heavy atom. The van der Waals surface area contributed by atoms with Crippen LogP contribution in [-0.4, -0.2) is 43.6 Å². The first-order valence-corrected chi connectivity index (χ1v) is 8.39. The van der Waals surface area contributed by atoms with Crippen molar-refractivity contribution in [1.82, 2.24) is 10.3 Å². The van der Waals surface area contributed by atoms with Gasteiger partial charge in [-0.1, -0.05) is 0 Å². The van der Waals surface area contributed by atoms with Gasteiger partial charge in [0.15, 0.2) is 0 Å². The van der Waals surface area contributed by atoms with Crippen molar-refractivity contribution in [3.8, 4) is 17.4 Å². The van der Waals surface area contributed by atoms with Crippen molar-refractivity contribution in [3.63, 3.8) is 0 Å². The number of benzene rings is 1. The molecule has 0 amide bonds. The van der Waals surface area contributed by atoms with Gasteiger partial charge in [0, 0.05) is 36.3 Å². The lowest BCUT2D eigenvalue weighted by Crippen LogP contribution is -2.44. The van der Waals surface area contributed by atoms with Crippen LogP contribution in [-0.2, 0) is 4.74 Å². The summed E-state index contributed by atoms with van der Waals surface area (Å²) >= 11 is 0. The van der Waals surface area contributed by atoms with Gasteiger partial charge < -0.3 is 30.7 Å². The molecule has 1 unspecified atom stereocenters. The topological polar surface area (TPSA) is 102 Å². The van der Waals surface area contributed by atoms with E-state index in [1.54, 1.807) is 18.3 Å². The van der Waals surface area contributed by atoms with Crippen LogP contribution in [0.4, 0.5) is 0 Å². The number of aromatic nitrogens is 1. The van der Waals surface area contributed by atoms with Gasteiger partial charge in [-0.2, -0.15) is 0 Å². The maximum atomic E-state index is 7.03. The molecule has 136 valence electrons. The molecule has 1 aromatic carbocycles. The van der Waals surface area contributed by atoms with E-state index >= 15 is 0 Å². The zero-order valence-electron chi connectivity index (χ0n) is 14.4. The first-order valence-electron chi connectivity index (χ1n) is 8.39. The number of hydrogen-bond donors (Lipinski definition) is 3. The van der Waals surface area contributed by atoms with E-state index in [1.165, 1.54) is 6.08 Å². The van der Waals surface area contributed by atoms with Crippen LogP contribution in [0.25, 0.3) is 5.70 Å². The van der Waals surface area contributed by atoms with Gasteiger partial charge in [-0.25, -0.2) is 4.98 Å². The molecule has 1 aliphatic heterocycles. The summed E-state index contributed by atoms with van der Waals surface area (Å²) in [5.74, 6) is 1.91. The smallest absolute Gasteiger partial charge is 0.219 e. The SMILES string of the molecule is N=C/C=C(\N)c1ccc(Oc2ccc(OCC3COCCN3)cc2)nc1. The molecule has 0 aliphatic carbocycles. The quantitative estimate of drug-likeness (QED) is 0.659. The van der Waals surface area contributed by atoms with Crippen LogP contribution in [0.2, 0.25) is 0 Å². The molecule has 0 saturated carbocycles. The molecule has 0 radical (unpaired) electrons. The Labute approximate surface area is 152 Å². The van der Waals surface area contributed by atoms with Crippen LogP contribution in [0, 0.1) is 5.41 Å². The molecular weight excluding hydrogens is 332 g/mol. The van der Waals surface area contributed by atoms with E-state index in [1.807, 2.05) is 24.3 Å². The third kappa shape index (κ3) is 5.05. The Kier molecular flexibility index (Phi) is 6.19. The number of morpholine rings is 1. The number of ether oxygens (including phenoxy) is 3. The van der Waals surface area contributed by atoms with Gasteiger partial charge in [0.05, 0.1) is 19.3 Å². The number of allylic oxidation sites excluding steroid dienone is 1. The number of hydrogen-bond acceptors (Lipinski definition) is 7. The maximum absolute atomic E-state index is 7.03. The standard InChI is InChI=1S/C19H22N4O3/c20-8-7-18(21)14-1-6-19(23-11-14)26-17-4-2-16(3-5-17)25-13-15-12-24-10-9-22-15/h1-8,11,15,20,22H,9-10,12-13,21H2/b18-7-,20-8?. The van der Waals surface area contributed by atoms with Gasteiger partial charge in [-0.3, -0.25) is 0 Å². The Hall–Kier alpha value is -2.90. The molecule has 1 aliphatic rings. The molecule has 7 nitrogen and oxygen atoms in total. The summed E-state index contributed by atoms with van der Waals surface area (Å²) in [5, 5.41) is 10.4. The van der Waals surface area contributed by atoms with Gasteiger partial charge in [0.2, 0.25) is 5.88 Å². The third-order valence-corrected chi connectivity index (χ3v) is 3.83. The highest BCUT2D eigenvalue weighted by molar-refractivity contribution is 5.81. The molecule has 0 bridgehead atoms. The van der Waals surface area contributed by atoms with Crippen LogP contribution in [0.3, 0.4) is 0 Å². The fourth-order valence-electron chi connectivity index (χ4n) is 2.45. The highest BCUT2D eigenvalue weighted by Gasteiger charge is 2.13. The van der Waals surface area contributed by atoms with Crippen molar-refractivity contribution < 1.29 is 14.2 Å². The summed E-state index contributed by atoms with van der Waals surface area (Å²) in [4.78, 5) is 4.23. The van der Waals surface area contributed by atoms with Gasteiger partial charge in [-0.05, 0) is 36.4 Å². The third-order valence-electron chi connectivity index (χ3n) is 3.83. The largest absolute Gasteiger partial charge is 0.492 e. The molecule has 1 saturated heterocycles. The maximum Gasteiger partial charge on any atom is 0.219 e. The average molecular weight is 354 g/mol. The first kappa shape index (κ1) is 17.9. The fraction of sp³-hybridized carbons (Fsp3) is 0.263. The molecular formula is C19H22N4O3. The minimum Gasteiger partial charge on any atom is -0.492 e. The van der Waals surface area contributed by atoms with Crippen molar-refractivity contribution in [3.05, 3.63) is 54.2 Å². The van der Waals surface area contributed by atoms with E-state index in [0.717, 1.165) is 30.7 Å². The molecule has 2 aromatic rings. The molecule has 1 atom stereocenters. The van der Waals surface area contributed by atoms with Crippen molar-refractivity contribution in [2.45, 2.75) is 6.04 Å². The first-order chi connectivity index (χ1) is 12.7. The zero-order valence-corrected chi connectivity index (χ0v) is 14.4. The van der Waals surface area contributed by atoms with Gasteiger partial charge in [0.25, 0.3) is 0 Å². The minimum atomic E-state index is 0.219. The van der Waals surface area contributed by atoms with E-state index in [4.69, 9.17) is 25.4 Å². The monoisotopic (exact) mass is 354 g/mol. The fourth-order valence-corrected chi connectivity index (χ4v) is 2.45. The molecule has 1 aromatic heterocycles. The second-order valence-electron chi connectivity index (χ2n) is 5.78. The summed E-state index contributed by atoms with van der Waals surface area (Å²) in [5.41, 5.74) is 7.04. The number of nitrogens with two attached hydrogens (primary N) is 1. The van der Waals surface area contributed by atoms with E-state index in [9.17, 15) is 0 Å². The minimum absolute atomic E-state index is 0.219. The lowest BCUT2D eigenvalue weighted by atomic mass is 10.2. The van der Waals surface area contributed by atoms with E-state index in [-0.39, 0.29) is 6.04 Å². The van der Waals surface area contributed by atoms with Crippen molar-refractivity contribution in [2.24, 2.45) is 5.73 Å². The van der Waals surface area contributed by atoms with Gasteiger partial charge in [0.1, 0.15) is 18.1 Å². The van der Waals surface area contributed by atoms with E-state index in [2.05, 4.69) is 10.3 Å². The van der Waals surface area contributed by atoms with E-state index in [0.29, 0.717) is 30.5 Å². The molecule has 3 rings (SSSR count).